The van der Waals surface area contributed by atoms with Crippen LogP contribution < -0.4 is 11.5 Å². The molecule has 0 aliphatic heterocycles. The van der Waals surface area contributed by atoms with Crippen molar-refractivity contribution in [2.75, 3.05) is 26.3 Å². The van der Waals surface area contributed by atoms with Crippen LogP contribution in [0.4, 0.5) is 0 Å². The van der Waals surface area contributed by atoms with Crippen LogP contribution in [-0.2, 0) is 0 Å². The van der Waals surface area contributed by atoms with Crippen molar-refractivity contribution in [1.82, 2.24) is 0 Å². The Bertz CT molecular complexity index is 143. The molecule has 0 spiro atoms. The Morgan fingerprint density at radius 3 is 1.77 bits per heavy atom. The van der Waals surface area contributed by atoms with Crippen LogP contribution in [0.5, 0.6) is 0 Å². The summed E-state index contributed by atoms with van der Waals surface area (Å²) in [5.74, 6) is 1.38. The van der Waals surface area contributed by atoms with Gasteiger partial charge in [0.15, 0.2) is 0 Å². The van der Waals surface area contributed by atoms with Crippen molar-refractivity contribution in [2.24, 2.45) is 35.1 Å². The monoisotopic (exact) mass is 188 g/mol. The molecule has 78 valence electrons. The van der Waals surface area contributed by atoms with E-state index in [2.05, 4.69) is 0 Å². The van der Waals surface area contributed by atoms with Gasteiger partial charge in [-0.2, -0.15) is 0 Å². The van der Waals surface area contributed by atoms with Crippen LogP contribution in [0, 0.1) is 23.7 Å². The highest BCUT2D eigenvalue weighted by atomic mass is 16.3. The Labute approximate surface area is 78.9 Å². The normalized spacial score (nSPS) is 38.8. The Morgan fingerprint density at radius 1 is 0.846 bits per heavy atom. The highest BCUT2D eigenvalue weighted by molar-refractivity contribution is 4.97. The van der Waals surface area contributed by atoms with E-state index < -0.39 is 0 Å². The molecule has 0 aromatic heterocycles. The fourth-order valence-corrected chi connectivity index (χ4v) is 2.67. The molecule has 6 N–H and O–H groups in total. The second-order valence-electron chi connectivity index (χ2n) is 3.82. The van der Waals surface area contributed by atoms with E-state index in [4.69, 9.17) is 21.7 Å². The third-order valence-electron chi connectivity index (χ3n) is 3.42. The summed E-state index contributed by atoms with van der Waals surface area (Å²) in [6.45, 7) is 1.55. The molecule has 0 heterocycles. The van der Waals surface area contributed by atoms with Gasteiger partial charge in [0.2, 0.25) is 0 Å². The first-order valence-corrected chi connectivity index (χ1v) is 4.92. The van der Waals surface area contributed by atoms with Crippen LogP contribution in [-0.4, -0.2) is 36.5 Å². The Hall–Kier alpha value is -0.160. The van der Waals surface area contributed by atoms with Crippen LogP contribution in [0.3, 0.4) is 0 Å². The largest absolute Gasteiger partial charge is 0.396 e. The summed E-state index contributed by atoms with van der Waals surface area (Å²) in [5, 5.41) is 18.0. The lowest BCUT2D eigenvalue weighted by molar-refractivity contribution is -0.0552. The first-order chi connectivity index (χ1) is 6.29. The first-order valence-electron chi connectivity index (χ1n) is 4.92. The van der Waals surface area contributed by atoms with Crippen molar-refractivity contribution >= 4 is 0 Å². The van der Waals surface area contributed by atoms with Crippen LogP contribution in [0.2, 0.25) is 0 Å². The molecule has 1 rings (SSSR count). The van der Waals surface area contributed by atoms with Crippen LogP contribution in [0.1, 0.15) is 6.42 Å². The minimum Gasteiger partial charge on any atom is -0.396 e. The van der Waals surface area contributed by atoms with Gasteiger partial charge in [-0.1, -0.05) is 0 Å². The molecule has 1 saturated carbocycles. The van der Waals surface area contributed by atoms with Crippen molar-refractivity contribution in [3.8, 4) is 0 Å². The molecule has 0 radical (unpaired) electrons. The fraction of sp³-hybridized carbons (Fsp3) is 1.00. The molecule has 4 heteroatoms. The molecule has 0 saturated heterocycles. The molecule has 1 aliphatic rings. The number of hydrogen-bond acceptors (Lipinski definition) is 4. The molecule has 0 aromatic carbocycles. The standard InChI is InChI=1S/C9H20N2O2/c10-3-7-6(1-2-12)9(5-13)8(7)4-11/h6-9,12-13H,1-5,10-11H2. The van der Waals surface area contributed by atoms with E-state index in [1.54, 1.807) is 0 Å². The zero-order valence-electron chi connectivity index (χ0n) is 7.89. The van der Waals surface area contributed by atoms with Crippen molar-refractivity contribution in [3.63, 3.8) is 0 Å². The van der Waals surface area contributed by atoms with Crippen molar-refractivity contribution in [2.45, 2.75) is 6.42 Å². The van der Waals surface area contributed by atoms with Crippen LogP contribution >= 0.6 is 0 Å². The summed E-state index contributed by atoms with van der Waals surface area (Å²) in [6, 6.07) is 0. The van der Waals surface area contributed by atoms with E-state index in [-0.39, 0.29) is 19.1 Å². The zero-order valence-corrected chi connectivity index (χ0v) is 7.89. The maximum absolute atomic E-state index is 9.12. The predicted octanol–water partition coefficient (Wildman–Crippen LogP) is -1.24. The molecule has 4 nitrogen and oxygen atoms in total. The molecule has 13 heavy (non-hydrogen) atoms. The summed E-state index contributed by atoms with van der Waals surface area (Å²) in [6.07, 6.45) is 0.740. The van der Waals surface area contributed by atoms with E-state index in [1.807, 2.05) is 0 Å². The molecule has 1 fully saturated rings. The number of hydrogen-bond donors (Lipinski definition) is 4. The molecular formula is C9H20N2O2. The first kappa shape index (κ1) is 10.9. The van der Waals surface area contributed by atoms with Crippen LogP contribution in [0.25, 0.3) is 0 Å². The summed E-state index contributed by atoms with van der Waals surface area (Å²) in [5.41, 5.74) is 11.2. The van der Waals surface area contributed by atoms with Crippen molar-refractivity contribution in [1.29, 1.82) is 0 Å². The SMILES string of the molecule is NCC1C(CN)C(CCO)C1CO. The van der Waals surface area contributed by atoms with Gasteiger partial charge >= 0.3 is 0 Å². The Kier molecular flexibility index (Phi) is 4.12. The lowest BCUT2D eigenvalue weighted by Gasteiger charge is -2.51. The average Bonchev–Trinajstić information content (AvgIpc) is 2.13. The quantitative estimate of drug-likeness (QED) is 0.434. The highest BCUT2D eigenvalue weighted by Crippen LogP contribution is 2.46. The molecule has 4 unspecified atom stereocenters. The summed E-state index contributed by atoms with van der Waals surface area (Å²) in [4.78, 5) is 0. The molecule has 0 aromatic rings. The third kappa shape index (κ3) is 1.86. The topological polar surface area (TPSA) is 92.5 Å². The lowest BCUT2D eigenvalue weighted by atomic mass is 9.56. The van der Waals surface area contributed by atoms with E-state index >= 15 is 0 Å². The smallest absolute Gasteiger partial charge is 0.0465 e. The fourth-order valence-electron chi connectivity index (χ4n) is 2.67. The number of nitrogens with two attached hydrogens (primary N) is 2. The third-order valence-corrected chi connectivity index (χ3v) is 3.42. The minimum atomic E-state index is 0.170. The number of aliphatic hydroxyl groups is 2. The van der Waals surface area contributed by atoms with Gasteiger partial charge in [-0.15, -0.1) is 0 Å². The molecular weight excluding hydrogens is 168 g/mol. The minimum absolute atomic E-state index is 0.170. The van der Waals surface area contributed by atoms with E-state index in [1.165, 1.54) is 0 Å². The van der Waals surface area contributed by atoms with Crippen molar-refractivity contribution < 1.29 is 10.2 Å². The van der Waals surface area contributed by atoms with Gasteiger partial charge in [-0.05, 0) is 43.2 Å². The Balaban J connectivity index is 2.51. The molecule has 1 aliphatic carbocycles. The van der Waals surface area contributed by atoms with E-state index in [0.29, 0.717) is 30.8 Å². The highest BCUT2D eigenvalue weighted by Gasteiger charge is 2.47. The predicted molar refractivity (Wildman–Crippen MR) is 50.9 cm³/mol. The zero-order chi connectivity index (χ0) is 9.84. The average molecular weight is 188 g/mol. The van der Waals surface area contributed by atoms with Crippen molar-refractivity contribution in [3.05, 3.63) is 0 Å². The van der Waals surface area contributed by atoms with Gasteiger partial charge in [0.05, 0.1) is 0 Å². The van der Waals surface area contributed by atoms with E-state index in [9.17, 15) is 0 Å². The van der Waals surface area contributed by atoms with Gasteiger partial charge in [-0.3, -0.25) is 0 Å². The Morgan fingerprint density at radius 2 is 1.38 bits per heavy atom. The summed E-state index contributed by atoms with van der Waals surface area (Å²) >= 11 is 0. The lowest BCUT2D eigenvalue weighted by Crippen LogP contribution is -2.54. The number of aliphatic hydroxyl groups excluding tert-OH is 2. The molecule has 4 atom stereocenters. The van der Waals surface area contributed by atoms with Crippen LogP contribution in [0.15, 0.2) is 0 Å². The second kappa shape index (κ2) is 4.91. The van der Waals surface area contributed by atoms with Gasteiger partial charge in [0.1, 0.15) is 0 Å². The maximum atomic E-state index is 9.12. The molecule has 0 amide bonds. The van der Waals surface area contributed by atoms with E-state index in [0.717, 1.165) is 6.42 Å². The van der Waals surface area contributed by atoms with Gasteiger partial charge in [-0.25, -0.2) is 0 Å². The van der Waals surface area contributed by atoms with Gasteiger partial charge < -0.3 is 21.7 Å². The van der Waals surface area contributed by atoms with Gasteiger partial charge in [0.25, 0.3) is 0 Å². The van der Waals surface area contributed by atoms with Gasteiger partial charge in [0, 0.05) is 13.2 Å². The second-order valence-corrected chi connectivity index (χ2v) is 3.82. The maximum Gasteiger partial charge on any atom is 0.0465 e. The summed E-state index contributed by atoms with van der Waals surface area (Å²) < 4.78 is 0. The molecule has 0 bridgehead atoms. The summed E-state index contributed by atoms with van der Waals surface area (Å²) in [7, 11) is 0. The number of rotatable bonds is 5.